The minimum Gasteiger partial charge on any atom is -0.288 e. The van der Waals surface area contributed by atoms with Gasteiger partial charge in [-0.2, -0.15) is 0 Å². The molecule has 0 aliphatic rings. The average molecular weight is 105 g/mol. The molecule has 1 heterocycles. The van der Waals surface area contributed by atoms with Crippen molar-refractivity contribution in [2.75, 3.05) is 0 Å². The normalized spacial score (nSPS) is 11.0. The smallest absolute Gasteiger partial charge is 0.196 e. The number of hydrogen-bond acceptors (Lipinski definition) is 2. The van der Waals surface area contributed by atoms with Crippen LogP contribution >= 0.6 is 0 Å². The standard InChI is InChI=1S/C6H3NO/c8-6-4-1-2-7-3-5(4)6/h1-3H. The first kappa shape index (κ1) is 3.78. The summed E-state index contributed by atoms with van der Waals surface area (Å²) >= 11 is 0. The summed E-state index contributed by atoms with van der Waals surface area (Å²) in [5, 5.41) is 1.62. The van der Waals surface area contributed by atoms with Crippen LogP contribution in [0.5, 0.6) is 0 Å². The molecule has 0 spiro atoms. The first-order valence-corrected chi connectivity index (χ1v) is 2.38. The zero-order valence-corrected chi connectivity index (χ0v) is 4.09. The first-order valence-electron chi connectivity index (χ1n) is 2.38. The molecule has 2 nitrogen and oxygen atoms in total. The van der Waals surface area contributed by atoms with Gasteiger partial charge in [0.25, 0.3) is 0 Å². The van der Waals surface area contributed by atoms with Gasteiger partial charge in [0, 0.05) is 17.8 Å². The molecule has 0 unspecified atom stereocenters. The first-order chi connectivity index (χ1) is 3.89. The van der Waals surface area contributed by atoms with E-state index in [1.807, 2.05) is 0 Å². The quantitative estimate of drug-likeness (QED) is 0.487. The van der Waals surface area contributed by atoms with E-state index < -0.39 is 0 Å². The molecule has 0 amide bonds. The van der Waals surface area contributed by atoms with Crippen LogP contribution in [0.25, 0.3) is 10.8 Å². The molecule has 1 aromatic carbocycles. The molecule has 2 aromatic rings. The molecule has 0 radical (unpaired) electrons. The fourth-order valence-electron chi connectivity index (χ4n) is 0.727. The van der Waals surface area contributed by atoms with Gasteiger partial charge in [-0.15, -0.1) is 0 Å². The van der Waals surface area contributed by atoms with Crippen molar-refractivity contribution in [2.24, 2.45) is 0 Å². The summed E-state index contributed by atoms with van der Waals surface area (Å²) < 4.78 is 0. The second-order valence-electron chi connectivity index (χ2n) is 1.75. The van der Waals surface area contributed by atoms with Gasteiger partial charge in [-0.1, -0.05) is 0 Å². The molecule has 2 heteroatoms. The Morgan fingerprint density at radius 1 is 1.38 bits per heavy atom. The molecule has 8 heavy (non-hydrogen) atoms. The minimum atomic E-state index is 0.155. The molecule has 1 aromatic heterocycles. The van der Waals surface area contributed by atoms with E-state index in [-0.39, 0.29) is 5.43 Å². The number of hydrogen-bond donors (Lipinski definition) is 0. The highest BCUT2D eigenvalue weighted by molar-refractivity contribution is 5.96. The fourth-order valence-corrected chi connectivity index (χ4v) is 0.727. The van der Waals surface area contributed by atoms with Crippen molar-refractivity contribution in [2.45, 2.75) is 0 Å². The van der Waals surface area contributed by atoms with Crippen LogP contribution in [-0.2, 0) is 0 Å². The molecule has 0 N–H and O–H groups in total. The molecule has 0 atom stereocenters. The largest absolute Gasteiger partial charge is 0.288 e. The third-order valence-corrected chi connectivity index (χ3v) is 1.25. The lowest BCUT2D eigenvalue weighted by molar-refractivity contribution is 1.38. The number of aromatic nitrogens is 1. The van der Waals surface area contributed by atoms with Gasteiger partial charge in [-0.25, -0.2) is 0 Å². The highest BCUT2D eigenvalue weighted by atomic mass is 16.1. The maximum absolute atomic E-state index is 10.5. The Bertz CT molecular complexity index is 299. The highest BCUT2D eigenvalue weighted by Gasteiger charge is 2.08. The molecular formula is C6H3NO. The Balaban J connectivity index is 3.03. The Morgan fingerprint density at radius 2 is 2.25 bits per heavy atom. The Morgan fingerprint density at radius 3 is 2.75 bits per heavy atom. The van der Waals surface area contributed by atoms with Crippen LogP contribution in [0.15, 0.2) is 23.3 Å². The van der Waals surface area contributed by atoms with E-state index in [2.05, 4.69) is 4.98 Å². The zero-order chi connectivity index (χ0) is 5.56. The molecule has 0 fully saturated rings. The second-order valence-corrected chi connectivity index (χ2v) is 1.75. The maximum atomic E-state index is 10.5. The van der Waals surface area contributed by atoms with Crippen molar-refractivity contribution in [1.82, 2.24) is 4.98 Å². The minimum absolute atomic E-state index is 0.155. The summed E-state index contributed by atoms with van der Waals surface area (Å²) in [6.07, 6.45) is 3.22. The molecule has 2 rings (SSSR count). The predicted octanol–water partition coefficient (Wildman–Crippen LogP) is 0.471. The molecule has 38 valence electrons. The number of fused-ring (bicyclic) bond motifs is 1. The third kappa shape index (κ3) is 0.281. The van der Waals surface area contributed by atoms with E-state index in [0.717, 1.165) is 10.8 Å². The highest BCUT2D eigenvalue weighted by Crippen LogP contribution is 2.09. The van der Waals surface area contributed by atoms with Crippen LogP contribution in [0.2, 0.25) is 0 Å². The Kier molecular flexibility index (Phi) is 0.457. The van der Waals surface area contributed by atoms with Gasteiger partial charge in [0.2, 0.25) is 0 Å². The molecule has 0 aliphatic carbocycles. The number of nitrogens with zero attached hydrogens (tertiary/aromatic N) is 1. The summed E-state index contributed by atoms with van der Waals surface area (Å²) in [5.74, 6) is 0. The van der Waals surface area contributed by atoms with Crippen LogP contribution in [-0.4, -0.2) is 4.98 Å². The van der Waals surface area contributed by atoms with E-state index >= 15 is 0 Å². The molecular weight excluding hydrogens is 102 g/mol. The van der Waals surface area contributed by atoms with Crippen molar-refractivity contribution in [3.05, 3.63) is 28.7 Å². The summed E-state index contributed by atoms with van der Waals surface area (Å²) in [6.45, 7) is 0. The van der Waals surface area contributed by atoms with Crippen molar-refractivity contribution in [3.8, 4) is 0 Å². The lowest BCUT2D eigenvalue weighted by Gasteiger charge is -1.66. The van der Waals surface area contributed by atoms with Crippen LogP contribution in [0.3, 0.4) is 0 Å². The predicted molar refractivity (Wildman–Crippen MR) is 30.4 cm³/mol. The summed E-state index contributed by atoms with van der Waals surface area (Å²) in [7, 11) is 0. The van der Waals surface area contributed by atoms with Crippen LogP contribution in [0.1, 0.15) is 0 Å². The summed E-state index contributed by atoms with van der Waals surface area (Å²) in [4.78, 5) is 14.3. The van der Waals surface area contributed by atoms with E-state index in [0.29, 0.717) is 0 Å². The molecule has 0 saturated heterocycles. The van der Waals surface area contributed by atoms with Crippen LogP contribution in [0, 0.1) is 0 Å². The maximum Gasteiger partial charge on any atom is 0.196 e. The third-order valence-electron chi connectivity index (χ3n) is 1.25. The van der Waals surface area contributed by atoms with E-state index in [1.54, 1.807) is 18.5 Å². The monoisotopic (exact) mass is 105 g/mol. The summed E-state index contributed by atoms with van der Waals surface area (Å²) in [5.41, 5.74) is 0.155. The fraction of sp³-hybridized carbons (Fsp3) is 0. The molecule has 0 saturated carbocycles. The Hall–Kier alpha value is -1.18. The number of rotatable bonds is 0. The van der Waals surface area contributed by atoms with Crippen molar-refractivity contribution < 1.29 is 0 Å². The second kappa shape index (κ2) is 0.968. The van der Waals surface area contributed by atoms with Gasteiger partial charge in [0.05, 0.1) is 5.39 Å². The van der Waals surface area contributed by atoms with Gasteiger partial charge in [-0.05, 0) is 6.07 Å². The van der Waals surface area contributed by atoms with Gasteiger partial charge in [0.15, 0.2) is 5.43 Å². The topological polar surface area (TPSA) is 30.0 Å². The van der Waals surface area contributed by atoms with Gasteiger partial charge in [-0.3, -0.25) is 9.78 Å². The molecule has 0 aliphatic heterocycles. The van der Waals surface area contributed by atoms with Gasteiger partial charge < -0.3 is 0 Å². The van der Waals surface area contributed by atoms with Crippen molar-refractivity contribution in [1.29, 1.82) is 0 Å². The molecule has 0 bridgehead atoms. The van der Waals surface area contributed by atoms with Gasteiger partial charge >= 0.3 is 0 Å². The lowest BCUT2D eigenvalue weighted by atomic mass is 10.5. The van der Waals surface area contributed by atoms with Gasteiger partial charge in [0.1, 0.15) is 0 Å². The van der Waals surface area contributed by atoms with E-state index in [1.165, 1.54) is 0 Å². The summed E-state index contributed by atoms with van der Waals surface area (Å²) in [6, 6.07) is 1.73. The SMILES string of the molecule is O=c1c2ccncc12. The number of pyridine rings is 1. The van der Waals surface area contributed by atoms with Crippen LogP contribution in [0.4, 0.5) is 0 Å². The van der Waals surface area contributed by atoms with Crippen molar-refractivity contribution in [3.63, 3.8) is 0 Å². The van der Waals surface area contributed by atoms with Crippen molar-refractivity contribution >= 4 is 10.8 Å². The van der Waals surface area contributed by atoms with E-state index in [4.69, 9.17) is 0 Å². The lowest BCUT2D eigenvalue weighted by Crippen LogP contribution is -1.66. The van der Waals surface area contributed by atoms with Crippen LogP contribution < -0.4 is 5.43 Å². The van der Waals surface area contributed by atoms with E-state index in [9.17, 15) is 4.79 Å². The average Bonchev–Trinajstić information content (AvgIpc) is 2.46. The Labute approximate surface area is 45.5 Å². The zero-order valence-electron chi connectivity index (χ0n) is 4.09.